The minimum Gasteiger partial charge on any atom is -0.474 e. The summed E-state index contributed by atoms with van der Waals surface area (Å²) in [5, 5.41) is 3.32. The van der Waals surface area contributed by atoms with Crippen molar-refractivity contribution in [3.63, 3.8) is 0 Å². The Kier molecular flexibility index (Phi) is 4.48. The quantitative estimate of drug-likeness (QED) is 0.935. The fraction of sp³-hybridized carbons (Fsp3) is 0.438. The van der Waals surface area contributed by atoms with Crippen molar-refractivity contribution in [1.82, 2.24) is 20.3 Å². The summed E-state index contributed by atoms with van der Waals surface area (Å²) in [7, 11) is 0. The summed E-state index contributed by atoms with van der Waals surface area (Å²) in [6.07, 6.45) is 5.39. The molecule has 0 aromatic carbocycles. The maximum Gasteiger partial charge on any atom is 0.229 e. The van der Waals surface area contributed by atoms with Crippen LogP contribution in [0.1, 0.15) is 24.1 Å². The van der Waals surface area contributed by atoms with Gasteiger partial charge in [-0.3, -0.25) is 4.98 Å². The SMILES string of the molecule is Cc1ncccc1Oc1ncnc(OC2CCNCC2)c1C. The summed E-state index contributed by atoms with van der Waals surface area (Å²) in [5.74, 6) is 1.80. The van der Waals surface area contributed by atoms with Crippen LogP contribution in [0.4, 0.5) is 0 Å². The van der Waals surface area contributed by atoms with Crippen LogP contribution in [0.3, 0.4) is 0 Å². The van der Waals surface area contributed by atoms with Crippen LogP contribution in [0.5, 0.6) is 17.5 Å². The Hall–Kier alpha value is -2.21. The maximum absolute atomic E-state index is 6.01. The molecule has 0 unspecified atom stereocenters. The Labute approximate surface area is 129 Å². The zero-order valence-electron chi connectivity index (χ0n) is 12.9. The Balaban J connectivity index is 1.78. The van der Waals surface area contributed by atoms with Gasteiger partial charge in [0.1, 0.15) is 12.4 Å². The van der Waals surface area contributed by atoms with Crippen molar-refractivity contribution in [1.29, 1.82) is 0 Å². The van der Waals surface area contributed by atoms with E-state index in [9.17, 15) is 0 Å². The van der Waals surface area contributed by atoms with E-state index < -0.39 is 0 Å². The number of rotatable bonds is 4. The molecule has 0 aliphatic carbocycles. The largest absolute Gasteiger partial charge is 0.474 e. The molecule has 1 N–H and O–H groups in total. The number of pyridine rings is 1. The number of hydrogen-bond acceptors (Lipinski definition) is 6. The Bertz CT molecular complexity index is 642. The molecule has 0 saturated carbocycles. The Morgan fingerprint density at radius 1 is 1.09 bits per heavy atom. The van der Waals surface area contributed by atoms with Crippen LogP contribution < -0.4 is 14.8 Å². The van der Waals surface area contributed by atoms with Gasteiger partial charge in [-0.2, -0.15) is 0 Å². The first kappa shape index (κ1) is 14.7. The van der Waals surface area contributed by atoms with Gasteiger partial charge in [0.25, 0.3) is 0 Å². The predicted molar refractivity (Wildman–Crippen MR) is 82.3 cm³/mol. The standard InChI is InChI=1S/C16H20N4O2/c1-11-15(21-13-5-8-17-9-6-13)19-10-20-16(11)22-14-4-3-7-18-12(14)2/h3-4,7,10,13,17H,5-6,8-9H2,1-2H3. The lowest BCUT2D eigenvalue weighted by molar-refractivity contribution is 0.154. The highest BCUT2D eigenvalue weighted by Gasteiger charge is 2.18. The molecule has 3 rings (SSSR count). The van der Waals surface area contributed by atoms with E-state index in [4.69, 9.17) is 9.47 Å². The highest BCUT2D eigenvalue weighted by atomic mass is 16.5. The first-order valence-corrected chi connectivity index (χ1v) is 7.52. The average molecular weight is 300 g/mol. The normalized spacial score (nSPS) is 15.5. The molecule has 3 heterocycles. The molecule has 1 aliphatic rings. The third-order valence-electron chi connectivity index (χ3n) is 3.72. The first-order chi connectivity index (χ1) is 10.7. The van der Waals surface area contributed by atoms with Crippen LogP contribution in [0.25, 0.3) is 0 Å². The number of aromatic nitrogens is 3. The highest BCUT2D eigenvalue weighted by molar-refractivity contribution is 5.37. The fourth-order valence-electron chi connectivity index (χ4n) is 2.39. The minimum absolute atomic E-state index is 0.197. The van der Waals surface area contributed by atoms with E-state index in [1.54, 1.807) is 6.20 Å². The smallest absolute Gasteiger partial charge is 0.229 e. The first-order valence-electron chi connectivity index (χ1n) is 7.52. The number of hydrogen-bond donors (Lipinski definition) is 1. The molecule has 0 bridgehead atoms. The molecule has 0 atom stereocenters. The molecule has 22 heavy (non-hydrogen) atoms. The number of aryl methyl sites for hydroxylation is 1. The minimum atomic E-state index is 0.197. The van der Waals surface area contributed by atoms with Crippen molar-refractivity contribution in [2.45, 2.75) is 32.8 Å². The molecule has 6 heteroatoms. The topological polar surface area (TPSA) is 69.2 Å². The summed E-state index contributed by atoms with van der Waals surface area (Å²) < 4.78 is 11.9. The summed E-state index contributed by atoms with van der Waals surface area (Å²) >= 11 is 0. The van der Waals surface area contributed by atoms with Gasteiger partial charge in [0.15, 0.2) is 5.75 Å². The van der Waals surface area contributed by atoms with E-state index >= 15 is 0 Å². The molecule has 0 spiro atoms. The Morgan fingerprint density at radius 2 is 1.86 bits per heavy atom. The van der Waals surface area contributed by atoms with Crippen molar-refractivity contribution in [3.8, 4) is 17.5 Å². The monoisotopic (exact) mass is 300 g/mol. The zero-order chi connectivity index (χ0) is 15.4. The predicted octanol–water partition coefficient (Wildman–Crippen LogP) is 2.41. The van der Waals surface area contributed by atoms with Crippen LogP contribution in [0.15, 0.2) is 24.7 Å². The fourth-order valence-corrected chi connectivity index (χ4v) is 2.39. The van der Waals surface area contributed by atoms with Gasteiger partial charge in [0, 0.05) is 6.20 Å². The van der Waals surface area contributed by atoms with E-state index in [-0.39, 0.29) is 6.10 Å². The molecular weight excluding hydrogens is 280 g/mol. The van der Waals surface area contributed by atoms with Crippen molar-refractivity contribution in [2.75, 3.05) is 13.1 Å². The molecule has 0 amide bonds. The van der Waals surface area contributed by atoms with Crippen LogP contribution >= 0.6 is 0 Å². The third-order valence-corrected chi connectivity index (χ3v) is 3.72. The van der Waals surface area contributed by atoms with Crippen molar-refractivity contribution >= 4 is 0 Å². The highest BCUT2D eigenvalue weighted by Crippen LogP contribution is 2.29. The molecule has 1 saturated heterocycles. The molecule has 0 radical (unpaired) electrons. The van der Waals surface area contributed by atoms with Crippen molar-refractivity contribution < 1.29 is 9.47 Å². The summed E-state index contributed by atoms with van der Waals surface area (Å²) in [5.41, 5.74) is 1.63. The molecule has 6 nitrogen and oxygen atoms in total. The lowest BCUT2D eigenvalue weighted by Crippen LogP contribution is -2.34. The molecule has 2 aromatic rings. The van der Waals surface area contributed by atoms with Gasteiger partial charge in [-0.05, 0) is 51.9 Å². The van der Waals surface area contributed by atoms with Gasteiger partial charge in [0.05, 0.1) is 11.3 Å². The van der Waals surface area contributed by atoms with Crippen LogP contribution in [-0.2, 0) is 0 Å². The van der Waals surface area contributed by atoms with Crippen molar-refractivity contribution in [2.24, 2.45) is 0 Å². The second-order valence-corrected chi connectivity index (χ2v) is 5.37. The second-order valence-electron chi connectivity index (χ2n) is 5.37. The molecule has 2 aromatic heterocycles. The van der Waals surface area contributed by atoms with Crippen molar-refractivity contribution in [3.05, 3.63) is 35.9 Å². The molecule has 1 aliphatic heterocycles. The van der Waals surface area contributed by atoms with Gasteiger partial charge >= 0.3 is 0 Å². The van der Waals surface area contributed by atoms with Crippen LogP contribution in [0, 0.1) is 13.8 Å². The summed E-state index contributed by atoms with van der Waals surface area (Å²) in [4.78, 5) is 12.7. The van der Waals surface area contributed by atoms with E-state index in [2.05, 4.69) is 20.3 Å². The molecule has 116 valence electrons. The van der Waals surface area contributed by atoms with E-state index in [0.29, 0.717) is 17.5 Å². The van der Waals surface area contributed by atoms with E-state index in [0.717, 1.165) is 37.2 Å². The number of piperidine rings is 1. The van der Waals surface area contributed by atoms with E-state index in [1.807, 2.05) is 26.0 Å². The van der Waals surface area contributed by atoms with Gasteiger partial charge in [0.2, 0.25) is 11.8 Å². The summed E-state index contributed by atoms with van der Waals surface area (Å²) in [6.45, 7) is 5.77. The zero-order valence-corrected chi connectivity index (χ0v) is 12.9. The van der Waals surface area contributed by atoms with Gasteiger partial charge in [-0.15, -0.1) is 0 Å². The number of nitrogens with zero attached hydrogens (tertiary/aromatic N) is 3. The van der Waals surface area contributed by atoms with E-state index in [1.165, 1.54) is 6.33 Å². The van der Waals surface area contributed by atoms with Crippen LogP contribution in [-0.4, -0.2) is 34.1 Å². The van der Waals surface area contributed by atoms with Gasteiger partial charge in [-0.1, -0.05) is 0 Å². The number of nitrogens with one attached hydrogen (secondary N) is 1. The lowest BCUT2D eigenvalue weighted by Gasteiger charge is -2.24. The van der Waals surface area contributed by atoms with Gasteiger partial charge < -0.3 is 14.8 Å². The maximum atomic E-state index is 6.01. The summed E-state index contributed by atoms with van der Waals surface area (Å²) in [6, 6.07) is 3.71. The van der Waals surface area contributed by atoms with Crippen LogP contribution in [0.2, 0.25) is 0 Å². The molecular formula is C16H20N4O2. The lowest BCUT2D eigenvalue weighted by atomic mass is 10.1. The number of ether oxygens (including phenoxy) is 2. The second kappa shape index (κ2) is 6.70. The average Bonchev–Trinajstić information content (AvgIpc) is 2.54. The third kappa shape index (κ3) is 3.33. The molecule has 1 fully saturated rings. The Morgan fingerprint density at radius 3 is 2.64 bits per heavy atom. The van der Waals surface area contributed by atoms with Gasteiger partial charge in [-0.25, -0.2) is 9.97 Å².